The highest BCUT2D eigenvalue weighted by Crippen LogP contribution is 2.28. The molecule has 14 heavy (non-hydrogen) atoms. The first-order chi connectivity index (χ1) is 6.34. The molecule has 0 aromatic rings. The SMILES string of the molecule is Cl.N[C@H]1CC[C@H](CC2OCCO2)CC1. The van der Waals surface area contributed by atoms with E-state index in [9.17, 15) is 0 Å². The molecule has 0 atom stereocenters. The first-order valence-corrected chi connectivity index (χ1v) is 5.33. The molecular formula is C10H20ClNO2. The largest absolute Gasteiger partial charge is 0.350 e. The van der Waals surface area contributed by atoms with Crippen LogP contribution in [0.1, 0.15) is 32.1 Å². The molecule has 2 fully saturated rings. The van der Waals surface area contributed by atoms with E-state index in [4.69, 9.17) is 15.2 Å². The Hall–Kier alpha value is 0.170. The van der Waals surface area contributed by atoms with Gasteiger partial charge in [-0.15, -0.1) is 12.4 Å². The van der Waals surface area contributed by atoms with Crippen LogP contribution in [-0.4, -0.2) is 25.5 Å². The topological polar surface area (TPSA) is 44.5 Å². The van der Waals surface area contributed by atoms with E-state index in [1.807, 2.05) is 0 Å². The molecule has 0 amide bonds. The van der Waals surface area contributed by atoms with E-state index >= 15 is 0 Å². The van der Waals surface area contributed by atoms with Crippen LogP contribution in [0, 0.1) is 5.92 Å². The minimum Gasteiger partial charge on any atom is -0.350 e. The van der Waals surface area contributed by atoms with Gasteiger partial charge in [-0.1, -0.05) is 0 Å². The fourth-order valence-electron chi connectivity index (χ4n) is 2.24. The molecule has 4 heteroatoms. The third kappa shape index (κ3) is 3.39. The van der Waals surface area contributed by atoms with E-state index in [0.717, 1.165) is 25.6 Å². The van der Waals surface area contributed by atoms with Gasteiger partial charge >= 0.3 is 0 Å². The zero-order valence-corrected chi connectivity index (χ0v) is 9.30. The lowest BCUT2D eigenvalue weighted by Crippen LogP contribution is -2.28. The molecule has 2 rings (SSSR count). The molecule has 1 aliphatic heterocycles. The molecule has 2 aliphatic rings. The zero-order valence-electron chi connectivity index (χ0n) is 8.48. The number of halogens is 1. The highest BCUT2D eigenvalue weighted by molar-refractivity contribution is 5.85. The normalized spacial score (nSPS) is 34.1. The Balaban J connectivity index is 0.000000980. The summed E-state index contributed by atoms with van der Waals surface area (Å²) in [5.41, 5.74) is 5.84. The molecule has 1 heterocycles. The van der Waals surface area contributed by atoms with Gasteiger partial charge < -0.3 is 15.2 Å². The second-order valence-electron chi connectivity index (χ2n) is 4.19. The van der Waals surface area contributed by atoms with Crippen LogP contribution < -0.4 is 5.73 Å². The summed E-state index contributed by atoms with van der Waals surface area (Å²) in [4.78, 5) is 0. The average Bonchev–Trinajstić information content (AvgIpc) is 2.62. The lowest BCUT2D eigenvalue weighted by Gasteiger charge is -2.27. The summed E-state index contributed by atoms with van der Waals surface area (Å²) in [7, 11) is 0. The van der Waals surface area contributed by atoms with Crippen LogP contribution in [0.3, 0.4) is 0 Å². The van der Waals surface area contributed by atoms with Crippen molar-refractivity contribution in [1.29, 1.82) is 0 Å². The molecular weight excluding hydrogens is 202 g/mol. The molecule has 0 aromatic carbocycles. The van der Waals surface area contributed by atoms with Crippen LogP contribution in [-0.2, 0) is 9.47 Å². The van der Waals surface area contributed by atoms with Gasteiger partial charge in [-0.25, -0.2) is 0 Å². The highest BCUT2D eigenvalue weighted by atomic mass is 35.5. The molecule has 1 aliphatic carbocycles. The maximum absolute atomic E-state index is 5.84. The van der Waals surface area contributed by atoms with Crippen molar-refractivity contribution in [1.82, 2.24) is 0 Å². The van der Waals surface area contributed by atoms with E-state index in [0.29, 0.717) is 6.04 Å². The van der Waals surface area contributed by atoms with Crippen molar-refractivity contribution in [3.8, 4) is 0 Å². The van der Waals surface area contributed by atoms with Crippen molar-refractivity contribution in [3.63, 3.8) is 0 Å². The molecule has 0 spiro atoms. The van der Waals surface area contributed by atoms with Crippen LogP contribution in [0.2, 0.25) is 0 Å². The third-order valence-electron chi connectivity index (χ3n) is 3.11. The van der Waals surface area contributed by atoms with Crippen LogP contribution in [0.4, 0.5) is 0 Å². The van der Waals surface area contributed by atoms with Gasteiger partial charge in [-0.3, -0.25) is 0 Å². The van der Waals surface area contributed by atoms with Crippen molar-refractivity contribution >= 4 is 12.4 Å². The maximum Gasteiger partial charge on any atom is 0.158 e. The van der Waals surface area contributed by atoms with E-state index < -0.39 is 0 Å². The number of hydrogen-bond donors (Lipinski definition) is 1. The molecule has 0 aromatic heterocycles. The van der Waals surface area contributed by atoms with Crippen LogP contribution in [0.25, 0.3) is 0 Å². The standard InChI is InChI=1S/C10H19NO2.ClH/c11-9-3-1-8(2-4-9)7-10-12-5-6-13-10;/h8-10H,1-7,11H2;1H/t8-,9-;. The molecule has 3 nitrogen and oxygen atoms in total. The van der Waals surface area contributed by atoms with Gasteiger partial charge in [-0.05, 0) is 31.6 Å². The predicted octanol–water partition coefficient (Wildman–Crippen LogP) is 1.69. The Labute approximate surface area is 91.7 Å². The minimum atomic E-state index is 0. The van der Waals surface area contributed by atoms with Gasteiger partial charge in [0, 0.05) is 12.5 Å². The first kappa shape index (κ1) is 12.2. The molecule has 1 saturated heterocycles. The third-order valence-corrected chi connectivity index (χ3v) is 3.11. The summed E-state index contributed by atoms with van der Waals surface area (Å²) >= 11 is 0. The number of hydrogen-bond acceptors (Lipinski definition) is 3. The van der Waals surface area contributed by atoms with Gasteiger partial charge in [0.2, 0.25) is 0 Å². The lowest BCUT2D eigenvalue weighted by atomic mass is 9.84. The molecule has 1 saturated carbocycles. The van der Waals surface area contributed by atoms with Crippen molar-refractivity contribution in [2.75, 3.05) is 13.2 Å². The average molecular weight is 222 g/mol. The fourth-order valence-corrected chi connectivity index (χ4v) is 2.24. The first-order valence-electron chi connectivity index (χ1n) is 5.33. The number of nitrogens with two attached hydrogens (primary N) is 1. The minimum absolute atomic E-state index is 0. The van der Waals surface area contributed by atoms with Crippen LogP contribution in [0.5, 0.6) is 0 Å². The van der Waals surface area contributed by atoms with E-state index in [1.165, 1.54) is 25.7 Å². The summed E-state index contributed by atoms with van der Waals surface area (Å²) in [5, 5.41) is 0. The fraction of sp³-hybridized carbons (Fsp3) is 1.00. The zero-order chi connectivity index (χ0) is 9.10. The Bertz CT molecular complexity index is 154. The van der Waals surface area contributed by atoms with E-state index in [2.05, 4.69) is 0 Å². The highest BCUT2D eigenvalue weighted by Gasteiger charge is 2.24. The van der Waals surface area contributed by atoms with Crippen molar-refractivity contribution in [2.24, 2.45) is 11.7 Å². The molecule has 84 valence electrons. The summed E-state index contributed by atoms with van der Waals surface area (Å²) < 4.78 is 10.9. The summed E-state index contributed by atoms with van der Waals surface area (Å²) in [6.07, 6.45) is 6.02. The van der Waals surface area contributed by atoms with Gasteiger partial charge in [0.25, 0.3) is 0 Å². The number of ether oxygens (including phenoxy) is 2. The molecule has 0 unspecified atom stereocenters. The van der Waals surface area contributed by atoms with Crippen LogP contribution in [0.15, 0.2) is 0 Å². The maximum atomic E-state index is 5.84. The smallest absolute Gasteiger partial charge is 0.158 e. The molecule has 2 N–H and O–H groups in total. The number of rotatable bonds is 2. The van der Waals surface area contributed by atoms with Gasteiger partial charge in [0.1, 0.15) is 0 Å². The summed E-state index contributed by atoms with van der Waals surface area (Å²) in [6, 6.07) is 0.446. The summed E-state index contributed by atoms with van der Waals surface area (Å²) in [6.45, 7) is 1.55. The van der Waals surface area contributed by atoms with E-state index in [1.54, 1.807) is 0 Å². The second-order valence-corrected chi connectivity index (χ2v) is 4.19. The van der Waals surface area contributed by atoms with Crippen molar-refractivity contribution in [3.05, 3.63) is 0 Å². The molecule has 0 radical (unpaired) electrons. The Morgan fingerprint density at radius 3 is 2.14 bits per heavy atom. The van der Waals surface area contributed by atoms with Crippen molar-refractivity contribution in [2.45, 2.75) is 44.4 Å². The van der Waals surface area contributed by atoms with Gasteiger partial charge in [0.05, 0.1) is 13.2 Å². The second kappa shape index (κ2) is 5.91. The predicted molar refractivity (Wildman–Crippen MR) is 57.5 cm³/mol. The van der Waals surface area contributed by atoms with Crippen molar-refractivity contribution < 1.29 is 9.47 Å². The van der Waals surface area contributed by atoms with Gasteiger partial charge in [0.15, 0.2) is 6.29 Å². The Morgan fingerprint density at radius 2 is 1.57 bits per heavy atom. The summed E-state index contributed by atoms with van der Waals surface area (Å²) in [5.74, 6) is 0.780. The van der Waals surface area contributed by atoms with Crippen LogP contribution >= 0.6 is 12.4 Å². The monoisotopic (exact) mass is 221 g/mol. The Morgan fingerprint density at radius 1 is 1.00 bits per heavy atom. The van der Waals surface area contributed by atoms with E-state index in [-0.39, 0.29) is 18.7 Å². The Kier molecular flexibility index (Phi) is 5.17. The quantitative estimate of drug-likeness (QED) is 0.772. The van der Waals surface area contributed by atoms with Gasteiger partial charge in [-0.2, -0.15) is 0 Å². The molecule has 0 bridgehead atoms. The lowest BCUT2D eigenvalue weighted by molar-refractivity contribution is -0.0600.